The highest BCUT2D eigenvalue weighted by molar-refractivity contribution is 5.23. The molecule has 0 heterocycles. The lowest BCUT2D eigenvalue weighted by atomic mass is 9.84. The lowest BCUT2D eigenvalue weighted by Gasteiger charge is -2.30. The van der Waals surface area contributed by atoms with E-state index in [1.807, 2.05) is 0 Å². The van der Waals surface area contributed by atoms with Crippen molar-refractivity contribution in [2.75, 3.05) is 6.54 Å². The van der Waals surface area contributed by atoms with Gasteiger partial charge in [0.05, 0.1) is 0 Å². The second-order valence-corrected chi connectivity index (χ2v) is 5.97. The van der Waals surface area contributed by atoms with Gasteiger partial charge in [0, 0.05) is 18.0 Å². The first-order chi connectivity index (χ1) is 8.18. The maximum Gasteiger partial charge on any atom is 0.00674 e. The fourth-order valence-corrected chi connectivity index (χ4v) is 2.70. The highest BCUT2D eigenvalue weighted by Gasteiger charge is 2.22. The molecule has 0 radical (unpaired) electrons. The monoisotopic (exact) mass is 231 g/mol. The normalized spacial score (nSPS) is 18.2. The zero-order valence-electron chi connectivity index (χ0n) is 11.2. The molecule has 1 aromatic rings. The van der Waals surface area contributed by atoms with Gasteiger partial charge in [0.15, 0.2) is 0 Å². The van der Waals surface area contributed by atoms with Crippen molar-refractivity contribution >= 4 is 0 Å². The fraction of sp³-hybridized carbons (Fsp3) is 0.625. The summed E-state index contributed by atoms with van der Waals surface area (Å²) in [7, 11) is 0. The van der Waals surface area contributed by atoms with Crippen LogP contribution < -0.4 is 5.32 Å². The molecular formula is C16H25N. The highest BCUT2D eigenvalue weighted by atomic mass is 14.9. The third-order valence-corrected chi connectivity index (χ3v) is 3.99. The molecule has 1 fully saturated rings. The van der Waals surface area contributed by atoms with Gasteiger partial charge >= 0.3 is 0 Å². The lowest BCUT2D eigenvalue weighted by Crippen LogP contribution is -2.40. The Balaban J connectivity index is 1.88. The molecule has 2 rings (SSSR count). The van der Waals surface area contributed by atoms with Crippen LogP contribution in [0.3, 0.4) is 0 Å². The molecule has 1 heteroatoms. The van der Waals surface area contributed by atoms with Crippen LogP contribution in [0.15, 0.2) is 30.3 Å². The summed E-state index contributed by atoms with van der Waals surface area (Å²) in [6.45, 7) is 5.75. The van der Waals surface area contributed by atoms with Crippen LogP contribution >= 0.6 is 0 Å². The summed E-state index contributed by atoms with van der Waals surface area (Å²) in [6, 6.07) is 11.6. The third-order valence-electron chi connectivity index (χ3n) is 3.99. The molecule has 0 saturated heterocycles. The predicted molar refractivity (Wildman–Crippen MR) is 74.3 cm³/mol. The van der Waals surface area contributed by atoms with Gasteiger partial charge in [-0.25, -0.2) is 0 Å². The molecule has 17 heavy (non-hydrogen) atoms. The molecule has 0 aliphatic heterocycles. The van der Waals surface area contributed by atoms with Gasteiger partial charge in [-0.15, -0.1) is 0 Å². The summed E-state index contributed by atoms with van der Waals surface area (Å²) in [5.74, 6) is 0. The molecule has 1 saturated carbocycles. The molecule has 1 nitrogen and oxygen atoms in total. The van der Waals surface area contributed by atoms with E-state index in [4.69, 9.17) is 0 Å². The van der Waals surface area contributed by atoms with E-state index < -0.39 is 0 Å². The SMILES string of the molecule is CC(C)(CNC1CCCCC1)c1ccccc1. The van der Waals surface area contributed by atoms with E-state index in [9.17, 15) is 0 Å². The Kier molecular flexibility index (Phi) is 4.22. The molecule has 0 atom stereocenters. The summed E-state index contributed by atoms with van der Waals surface area (Å²) in [4.78, 5) is 0. The summed E-state index contributed by atoms with van der Waals surface area (Å²) < 4.78 is 0. The Morgan fingerprint density at radius 3 is 2.35 bits per heavy atom. The molecule has 94 valence electrons. The number of rotatable bonds is 4. The van der Waals surface area contributed by atoms with Gasteiger partial charge in [0.2, 0.25) is 0 Å². The average molecular weight is 231 g/mol. The van der Waals surface area contributed by atoms with Crippen molar-refractivity contribution in [2.24, 2.45) is 0 Å². The van der Waals surface area contributed by atoms with Crippen molar-refractivity contribution in [3.05, 3.63) is 35.9 Å². The van der Waals surface area contributed by atoms with Crippen LogP contribution in [0.2, 0.25) is 0 Å². The zero-order valence-corrected chi connectivity index (χ0v) is 11.2. The number of benzene rings is 1. The van der Waals surface area contributed by atoms with E-state index in [-0.39, 0.29) is 5.41 Å². The third kappa shape index (κ3) is 3.57. The fourth-order valence-electron chi connectivity index (χ4n) is 2.70. The average Bonchev–Trinajstić information content (AvgIpc) is 2.39. The minimum absolute atomic E-state index is 0.235. The minimum Gasteiger partial charge on any atom is -0.313 e. The van der Waals surface area contributed by atoms with E-state index >= 15 is 0 Å². The van der Waals surface area contributed by atoms with E-state index in [0.717, 1.165) is 12.6 Å². The molecule has 0 aromatic heterocycles. The standard InChI is InChI=1S/C16H25N/c1-16(2,14-9-5-3-6-10-14)13-17-15-11-7-4-8-12-15/h3,5-6,9-10,15,17H,4,7-8,11-13H2,1-2H3. The smallest absolute Gasteiger partial charge is 0.00674 e. The van der Waals surface area contributed by atoms with Gasteiger partial charge in [-0.05, 0) is 18.4 Å². The van der Waals surface area contributed by atoms with Crippen molar-refractivity contribution in [3.63, 3.8) is 0 Å². The molecule has 1 aromatic carbocycles. The second kappa shape index (κ2) is 5.68. The molecule has 1 aliphatic rings. The van der Waals surface area contributed by atoms with Crippen molar-refractivity contribution in [1.29, 1.82) is 0 Å². The summed E-state index contributed by atoms with van der Waals surface area (Å²) in [6.07, 6.45) is 6.98. The summed E-state index contributed by atoms with van der Waals surface area (Å²) in [5.41, 5.74) is 1.67. The first kappa shape index (κ1) is 12.6. The van der Waals surface area contributed by atoms with E-state index in [1.165, 1.54) is 37.7 Å². The van der Waals surface area contributed by atoms with Crippen LogP contribution in [0, 0.1) is 0 Å². The predicted octanol–water partition coefficient (Wildman–Crippen LogP) is 3.89. The van der Waals surface area contributed by atoms with Crippen molar-refractivity contribution < 1.29 is 0 Å². The quantitative estimate of drug-likeness (QED) is 0.829. The van der Waals surface area contributed by atoms with Crippen molar-refractivity contribution in [3.8, 4) is 0 Å². The Hall–Kier alpha value is -0.820. The Morgan fingerprint density at radius 1 is 1.06 bits per heavy atom. The van der Waals surface area contributed by atoms with Crippen LogP contribution in [0.5, 0.6) is 0 Å². The molecule has 0 bridgehead atoms. The van der Waals surface area contributed by atoms with Crippen molar-refractivity contribution in [2.45, 2.75) is 57.4 Å². The first-order valence-electron chi connectivity index (χ1n) is 6.97. The maximum atomic E-state index is 3.76. The van der Waals surface area contributed by atoms with Gasteiger partial charge in [0.1, 0.15) is 0 Å². The zero-order chi connectivity index (χ0) is 12.1. The minimum atomic E-state index is 0.235. The van der Waals surface area contributed by atoms with Crippen LogP contribution in [-0.4, -0.2) is 12.6 Å². The van der Waals surface area contributed by atoms with Gasteiger partial charge < -0.3 is 5.32 Å². The molecule has 1 aliphatic carbocycles. The maximum absolute atomic E-state index is 3.76. The molecule has 0 spiro atoms. The topological polar surface area (TPSA) is 12.0 Å². The first-order valence-corrected chi connectivity index (χ1v) is 6.97. The van der Waals surface area contributed by atoms with Gasteiger partial charge in [-0.3, -0.25) is 0 Å². The second-order valence-electron chi connectivity index (χ2n) is 5.97. The van der Waals surface area contributed by atoms with Crippen molar-refractivity contribution in [1.82, 2.24) is 5.32 Å². The number of hydrogen-bond acceptors (Lipinski definition) is 1. The van der Waals surface area contributed by atoms with E-state index in [1.54, 1.807) is 0 Å². The van der Waals surface area contributed by atoms with Crippen LogP contribution in [-0.2, 0) is 5.41 Å². The van der Waals surface area contributed by atoms with Crippen LogP contribution in [0.1, 0.15) is 51.5 Å². The number of hydrogen-bond donors (Lipinski definition) is 1. The van der Waals surface area contributed by atoms with Crippen LogP contribution in [0.4, 0.5) is 0 Å². The number of nitrogens with one attached hydrogen (secondary N) is 1. The van der Waals surface area contributed by atoms with Gasteiger partial charge in [-0.2, -0.15) is 0 Å². The van der Waals surface area contributed by atoms with Gasteiger partial charge in [-0.1, -0.05) is 63.4 Å². The Bertz CT molecular complexity index is 323. The van der Waals surface area contributed by atoms with Crippen LogP contribution in [0.25, 0.3) is 0 Å². The molecule has 0 unspecified atom stereocenters. The Labute approximate surface area is 106 Å². The van der Waals surface area contributed by atoms with Gasteiger partial charge in [0.25, 0.3) is 0 Å². The molecule has 0 amide bonds. The highest BCUT2D eigenvalue weighted by Crippen LogP contribution is 2.23. The van der Waals surface area contributed by atoms with E-state index in [0.29, 0.717) is 0 Å². The summed E-state index contributed by atoms with van der Waals surface area (Å²) in [5, 5.41) is 3.76. The largest absolute Gasteiger partial charge is 0.313 e. The summed E-state index contributed by atoms with van der Waals surface area (Å²) >= 11 is 0. The lowest BCUT2D eigenvalue weighted by molar-refractivity contribution is 0.341. The van der Waals surface area contributed by atoms with E-state index in [2.05, 4.69) is 49.5 Å². The molecular weight excluding hydrogens is 206 g/mol. The Morgan fingerprint density at radius 2 is 1.71 bits per heavy atom. The molecule has 1 N–H and O–H groups in total.